The zero-order chi connectivity index (χ0) is 10.3. The number of nitrogens with zero attached hydrogens (tertiary/aromatic N) is 1. The molecule has 1 aromatic rings. The molecule has 0 aliphatic carbocycles. The quantitative estimate of drug-likeness (QED) is 0.778. The van der Waals surface area contributed by atoms with Crippen LogP contribution in [0.2, 0.25) is 0 Å². The first-order chi connectivity index (χ1) is 7.34. The molecule has 5 heteroatoms. The van der Waals surface area contributed by atoms with Crippen LogP contribution in [0.1, 0.15) is 24.1 Å². The molecule has 1 aromatic heterocycles. The molecule has 82 valence electrons. The first-order valence-corrected chi connectivity index (χ1v) is 6.62. The third-order valence-corrected chi connectivity index (χ3v) is 4.18. The van der Waals surface area contributed by atoms with Gasteiger partial charge in [0.1, 0.15) is 0 Å². The van der Waals surface area contributed by atoms with Gasteiger partial charge in [-0.05, 0) is 19.4 Å². The molecule has 0 amide bonds. The molecule has 0 radical (unpaired) electrons. The van der Waals surface area contributed by atoms with Gasteiger partial charge < -0.3 is 5.32 Å². The van der Waals surface area contributed by atoms with E-state index in [1.165, 1.54) is 12.8 Å². The SMILES string of the molecule is O=c1c2c([nH]n1CC1CCCN1)CSC2. The monoisotopic (exact) mass is 225 g/mol. The van der Waals surface area contributed by atoms with Crippen LogP contribution >= 0.6 is 11.8 Å². The molecule has 4 nitrogen and oxygen atoms in total. The van der Waals surface area contributed by atoms with E-state index in [0.717, 1.165) is 35.9 Å². The smallest absolute Gasteiger partial charge is 0.270 e. The van der Waals surface area contributed by atoms with E-state index in [1.54, 1.807) is 4.68 Å². The average molecular weight is 225 g/mol. The molecular weight excluding hydrogens is 210 g/mol. The molecule has 2 aliphatic heterocycles. The number of fused-ring (bicyclic) bond motifs is 1. The van der Waals surface area contributed by atoms with Crippen molar-refractivity contribution in [1.82, 2.24) is 15.1 Å². The lowest BCUT2D eigenvalue weighted by atomic mass is 10.2. The summed E-state index contributed by atoms with van der Waals surface area (Å²) in [5.41, 5.74) is 2.34. The maximum Gasteiger partial charge on any atom is 0.270 e. The number of aromatic nitrogens is 2. The lowest BCUT2D eigenvalue weighted by Gasteiger charge is -2.10. The maximum atomic E-state index is 11.9. The molecule has 1 atom stereocenters. The van der Waals surface area contributed by atoms with Crippen molar-refractivity contribution in [3.05, 3.63) is 21.6 Å². The van der Waals surface area contributed by atoms with E-state index >= 15 is 0 Å². The van der Waals surface area contributed by atoms with Crippen LogP contribution < -0.4 is 10.9 Å². The van der Waals surface area contributed by atoms with Crippen LogP contribution in [0, 0.1) is 0 Å². The Kier molecular flexibility index (Phi) is 2.36. The molecule has 3 heterocycles. The molecule has 15 heavy (non-hydrogen) atoms. The molecule has 0 aromatic carbocycles. The van der Waals surface area contributed by atoms with Gasteiger partial charge in [-0.1, -0.05) is 0 Å². The zero-order valence-corrected chi connectivity index (χ0v) is 9.40. The van der Waals surface area contributed by atoms with Gasteiger partial charge >= 0.3 is 0 Å². The largest absolute Gasteiger partial charge is 0.312 e. The number of thioether (sulfide) groups is 1. The predicted molar refractivity (Wildman–Crippen MR) is 61.1 cm³/mol. The van der Waals surface area contributed by atoms with Crippen molar-refractivity contribution >= 4 is 11.8 Å². The minimum atomic E-state index is 0.198. The van der Waals surface area contributed by atoms with Gasteiger partial charge in [0, 0.05) is 17.5 Å². The Morgan fingerprint density at radius 2 is 2.40 bits per heavy atom. The second-order valence-electron chi connectivity index (χ2n) is 4.27. The summed E-state index contributed by atoms with van der Waals surface area (Å²) >= 11 is 1.81. The van der Waals surface area contributed by atoms with Crippen molar-refractivity contribution < 1.29 is 0 Å². The van der Waals surface area contributed by atoms with Crippen LogP contribution in [0.4, 0.5) is 0 Å². The fourth-order valence-electron chi connectivity index (χ4n) is 2.36. The third kappa shape index (κ3) is 1.63. The highest BCUT2D eigenvalue weighted by Gasteiger charge is 2.22. The van der Waals surface area contributed by atoms with Gasteiger partial charge in [-0.15, -0.1) is 0 Å². The van der Waals surface area contributed by atoms with E-state index in [1.807, 2.05) is 11.8 Å². The Bertz CT molecular complexity index is 417. The molecule has 1 unspecified atom stereocenters. The van der Waals surface area contributed by atoms with Crippen molar-refractivity contribution in [2.75, 3.05) is 6.54 Å². The summed E-state index contributed by atoms with van der Waals surface area (Å²) in [4.78, 5) is 11.9. The highest BCUT2D eigenvalue weighted by Crippen LogP contribution is 2.25. The fourth-order valence-corrected chi connectivity index (χ4v) is 3.40. The molecule has 0 saturated carbocycles. The Morgan fingerprint density at radius 1 is 1.47 bits per heavy atom. The molecular formula is C10H15N3OS. The van der Waals surface area contributed by atoms with Gasteiger partial charge in [0.15, 0.2) is 0 Å². The van der Waals surface area contributed by atoms with Crippen molar-refractivity contribution in [1.29, 1.82) is 0 Å². The van der Waals surface area contributed by atoms with Crippen molar-refractivity contribution in [3.8, 4) is 0 Å². The first kappa shape index (κ1) is 9.54. The van der Waals surface area contributed by atoms with Gasteiger partial charge in [0.05, 0.1) is 17.8 Å². The van der Waals surface area contributed by atoms with Crippen LogP contribution in [0.3, 0.4) is 0 Å². The summed E-state index contributed by atoms with van der Waals surface area (Å²) in [5, 5.41) is 6.64. The van der Waals surface area contributed by atoms with Gasteiger partial charge in [0.2, 0.25) is 0 Å². The summed E-state index contributed by atoms with van der Waals surface area (Å²) in [6.07, 6.45) is 2.42. The minimum Gasteiger partial charge on any atom is -0.312 e. The standard InChI is InChI=1S/C10H15N3OS/c14-10-8-5-15-6-9(8)12-13(10)4-7-2-1-3-11-7/h7,11-12H,1-6H2. The van der Waals surface area contributed by atoms with Crippen LogP contribution in [0.15, 0.2) is 4.79 Å². The average Bonchev–Trinajstić information content (AvgIpc) is 2.89. The molecule has 1 fully saturated rings. The van der Waals surface area contributed by atoms with Gasteiger partial charge in [0.25, 0.3) is 5.56 Å². The summed E-state index contributed by atoms with van der Waals surface area (Å²) in [7, 11) is 0. The predicted octanol–water partition coefficient (Wildman–Crippen LogP) is 0.675. The molecule has 0 bridgehead atoms. The summed E-state index contributed by atoms with van der Waals surface area (Å²) in [6, 6.07) is 0.481. The molecule has 0 spiro atoms. The lowest BCUT2D eigenvalue weighted by Crippen LogP contribution is -2.32. The summed E-state index contributed by atoms with van der Waals surface area (Å²) in [6.45, 7) is 1.90. The van der Waals surface area contributed by atoms with E-state index in [2.05, 4.69) is 10.4 Å². The summed E-state index contributed by atoms with van der Waals surface area (Å²) in [5.74, 6) is 1.85. The molecule has 1 saturated heterocycles. The Hall–Kier alpha value is -0.680. The van der Waals surface area contributed by atoms with Gasteiger partial charge in [-0.3, -0.25) is 14.6 Å². The van der Waals surface area contributed by atoms with Crippen LogP contribution in [0.5, 0.6) is 0 Å². The summed E-state index contributed by atoms with van der Waals surface area (Å²) < 4.78 is 1.79. The topological polar surface area (TPSA) is 49.8 Å². The van der Waals surface area contributed by atoms with Crippen LogP contribution in [0.25, 0.3) is 0 Å². The number of nitrogens with one attached hydrogen (secondary N) is 2. The van der Waals surface area contributed by atoms with E-state index in [9.17, 15) is 4.79 Å². The molecule has 3 rings (SSSR count). The van der Waals surface area contributed by atoms with E-state index in [-0.39, 0.29) is 5.56 Å². The van der Waals surface area contributed by atoms with E-state index in [4.69, 9.17) is 0 Å². The third-order valence-electron chi connectivity index (χ3n) is 3.20. The normalized spacial score (nSPS) is 24.7. The van der Waals surface area contributed by atoms with Gasteiger partial charge in [-0.25, -0.2) is 0 Å². The lowest BCUT2D eigenvalue weighted by molar-refractivity contribution is 0.465. The second kappa shape index (κ2) is 3.72. The number of hydrogen-bond acceptors (Lipinski definition) is 3. The van der Waals surface area contributed by atoms with Crippen molar-refractivity contribution in [3.63, 3.8) is 0 Å². The molecule has 2 aliphatic rings. The number of aromatic amines is 1. The Labute approximate surface area is 92.4 Å². The highest BCUT2D eigenvalue weighted by atomic mass is 32.2. The molecule has 2 N–H and O–H groups in total. The second-order valence-corrected chi connectivity index (χ2v) is 5.26. The number of hydrogen-bond donors (Lipinski definition) is 2. The van der Waals surface area contributed by atoms with E-state index in [0.29, 0.717) is 6.04 Å². The number of rotatable bonds is 2. The number of H-pyrrole nitrogens is 1. The zero-order valence-electron chi connectivity index (χ0n) is 8.58. The fraction of sp³-hybridized carbons (Fsp3) is 0.700. The van der Waals surface area contributed by atoms with E-state index < -0.39 is 0 Å². The minimum absolute atomic E-state index is 0.198. The Morgan fingerprint density at radius 3 is 3.13 bits per heavy atom. The van der Waals surface area contributed by atoms with Crippen LogP contribution in [-0.4, -0.2) is 22.4 Å². The van der Waals surface area contributed by atoms with Crippen LogP contribution in [-0.2, 0) is 18.1 Å². The maximum absolute atomic E-state index is 11.9. The van der Waals surface area contributed by atoms with Crippen molar-refractivity contribution in [2.45, 2.75) is 36.9 Å². The first-order valence-electron chi connectivity index (χ1n) is 5.46. The van der Waals surface area contributed by atoms with Gasteiger partial charge in [-0.2, -0.15) is 11.8 Å². The Balaban J connectivity index is 1.83. The highest BCUT2D eigenvalue weighted by molar-refractivity contribution is 7.98. The van der Waals surface area contributed by atoms with Crippen molar-refractivity contribution in [2.24, 2.45) is 0 Å².